The number of amides is 1. The molecule has 0 fully saturated rings. The smallest absolute Gasteiger partial charge is 0.224 e. The molecule has 0 aliphatic rings. The highest BCUT2D eigenvalue weighted by atomic mass is 16.3. The van der Waals surface area contributed by atoms with Gasteiger partial charge < -0.3 is 10.4 Å². The number of nitrogens with one attached hydrogen (secondary N) is 1. The molecule has 18 heavy (non-hydrogen) atoms. The molecular weight excluding hydrogens is 226 g/mol. The summed E-state index contributed by atoms with van der Waals surface area (Å²) in [6.07, 6.45) is 0.952. The third-order valence-electron chi connectivity index (χ3n) is 3.07. The topological polar surface area (TPSA) is 49.3 Å². The summed E-state index contributed by atoms with van der Waals surface area (Å²) in [7, 11) is 0. The van der Waals surface area contributed by atoms with Gasteiger partial charge in [-0.3, -0.25) is 4.79 Å². The van der Waals surface area contributed by atoms with Gasteiger partial charge in [-0.25, -0.2) is 0 Å². The van der Waals surface area contributed by atoms with E-state index in [4.69, 9.17) is 5.11 Å². The van der Waals surface area contributed by atoms with E-state index in [1.807, 2.05) is 45.9 Å². The van der Waals surface area contributed by atoms with E-state index in [1.54, 1.807) is 0 Å². The number of hydrogen-bond donors (Lipinski definition) is 2. The van der Waals surface area contributed by atoms with Crippen LogP contribution >= 0.6 is 0 Å². The molecule has 1 aromatic rings. The van der Waals surface area contributed by atoms with Gasteiger partial charge in [-0.2, -0.15) is 0 Å². The molecule has 1 aromatic carbocycles. The van der Waals surface area contributed by atoms with Gasteiger partial charge in [0.1, 0.15) is 0 Å². The Morgan fingerprint density at radius 1 is 1.33 bits per heavy atom. The Kier molecular flexibility index (Phi) is 4.91. The molecule has 0 unspecified atom stereocenters. The van der Waals surface area contributed by atoms with Gasteiger partial charge in [0.15, 0.2) is 0 Å². The Hall–Kier alpha value is -1.35. The number of carbonyl (C=O) groups is 1. The minimum atomic E-state index is -0.358. The minimum Gasteiger partial charge on any atom is -0.396 e. The average molecular weight is 249 g/mol. The van der Waals surface area contributed by atoms with Crippen LogP contribution in [0.25, 0.3) is 0 Å². The van der Waals surface area contributed by atoms with Gasteiger partial charge in [0.25, 0.3) is 0 Å². The summed E-state index contributed by atoms with van der Waals surface area (Å²) in [5, 5.41) is 11.9. The number of aliphatic hydroxyl groups excluding tert-OH is 1. The summed E-state index contributed by atoms with van der Waals surface area (Å²) in [5.74, 6) is 0.00199. The highest BCUT2D eigenvalue weighted by Gasteiger charge is 2.19. The fourth-order valence-electron chi connectivity index (χ4n) is 1.93. The number of hydrogen-bond acceptors (Lipinski definition) is 2. The lowest BCUT2D eigenvalue weighted by atomic mass is 9.99. The number of benzene rings is 1. The van der Waals surface area contributed by atoms with Gasteiger partial charge in [0, 0.05) is 12.1 Å². The fraction of sp³-hybridized carbons (Fsp3) is 0.533. The summed E-state index contributed by atoms with van der Waals surface area (Å²) in [5.41, 5.74) is 3.00. The van der Waals surface area contributed by atoms with Crippen molar-refractivity contribution in [3.8, 4) is 0 Å². The fourth-order valence-corrected chi connectivity index (χ4v) is 1.93. The van der Waals surface area contributed by atoms with E-state index in [0.29, 0.717) is 12.8 Å². The zero-order valence-electron chi connectivity index (χ0n) is 11.7. The monoisotopic (exact) mass is 249 g/mol. The van der Waals surface area contributed by atoms with E-state index in [2.05, 4.69) is 5.32 Å². The van der Waals surface area contributed by atoms with Gasteiger partial charge in [-0.1, -0.05) is 23.8 Å². The zero-order valence-corrected chi connectivity index (χ0v) is 11.7. The molecule has 0 bridgehead atoms. The first-order valence-corrected chi connectivity index (χ1v) is 6.32. The molecule has 0 saturated heterocycles. The largest absolute Gasteiger partial charge is 0.396 e. The van der Waals surface area contributed by atoms with Crippen molar-refractivity contribution in [1.82, 2.24) is 5.32 Å². The second kappa shape index (κ2) is 6.01. The van der Waals surface area contributed by atoms with E-state index >= 15 is 0 Å². The van der Waals surface area contributed by atoms with Gasteiger partial charge in [-0.15, -0.1) is 0 Å². The number of carbonyl (C=O) groups excluding carboxylic acids is 1. The van der Waals surface area contributed by atoms with E-state index in [1.165, 1.54) is 0 Å². The van der Waals surface area contributed by atoms with Crippen molar-refractivity contribution in [2.45, 2.75) is 46.1 Å². The second-order valence-corrected chi connectivity index (χ2v) is 5.51. The molecule has 0 aliphatic heterocycles. The van der Waals surface area contributed by atoms with Crippen LogP contribution in [0.3, 0.4) is 0 Å². The number of rotatable bonds is 5. The highest BCUT2D eigenvalue weighted by molar-refractivity contribution is 5.79. The molecule has 100 valence electrons. The first kappa shape index (κ1) is 14.7. The Bertz CT molecular complexity index is 425. The quantitative estimate of drug-likeness (QED) is 0.840. The molecule has 2 N–H and O–H groups in total. The molecule has 1 rings (SSSR count). The van der Waals surface area contributed by atoms with Crippen molar-refractivity contribution in [3.05, 3.63) is 34.9 Å². The van der Waals surface area contributed by atoms with Gasteiger partial charge in [0.2, 0.25) is 5.91 Å². The molecule has 0 aromatic heterocycles. The summed E-state index contributed by atoms with van der Waals surface area (Å²) in [6.45, 7) is 7.96. The van der Waals surface area contributed by atoms with Crippen molar-refractivity contribution in [3.63, 3.8) is 0 Å². The third kappa shape index (κ3) is 4.49. The first-order chi connectivity index (χ1) is 8.34. The number of aliphatic hydroxyl groups is 1. The second-order valence-electron chi connectivity index (χ2n) is 5.51. The molecule has 0 heterocycles. The average Bonchev–Trinajstić information content (AvgIpc) is 2.22. The lowest BCUT2D eigenvalue weighted by Gasteiger charge is -2.25. The molecule has 0 aliphatic carbocycles. The summed E-state index contributed by atoms with van der Waals surface area (Å²) >= 11 is 0. The van der Waals surface area contributed by atoms with Crippen LogP contribution in [0.2, 0.25) is 0 Å². The van der Waals surface area contributed by atoms with Crippen molar-refractivity contribution < 1.29 is 9.90 Å². The summed E-state index contributed by atoms with van der Waals surface area (Å²) < 4.78 is 0. The molecule has 1 amide bonds. The van der Waals surface area contributed by atoms with Crippen LogP contribution in [0.15, 0.2) is 18.2 Å². The van der Waals surface area contributed by atoms with E-state index < -0.39 is 0 Å². The third-order valence-corrected chi connectivity index (χ3v) is 3.07. The minimum absolute atomic E-state index is 0.00199. The molecule has 0 atom stereocenters. The van der Waals surface area contributed by atoms with E-state index in [9.17, 15) is 4.79 Å². The molecule has 3 nitrogen and oxygen atoms in total. The van der Waals surface area contributed by atoms with Gasteiger partial charge in [0.05, 0.1) is 6.42 Å². The van der Waals surface area contributed by atoms with Crippen molar-refractivity contribution in [1.29, 1.82) is 0 Å². The Morgan fingerprint density at radius 3 is 2.61 bits per heavy atom. The summed E-state index contributed by atoms with van der Waals surface area (Å²) in [4.78, 5) is 12.0. The van der Waals surface area contributed by atoms with Crippen LogP contribution in [-0.2, 0) is 11.2 Å². The molecule has 0 radical (unpaired) electrons. The predicted octanol–water partition coefficient (Wildman–Crippen LogP) is 2.12. The van der Waals surface area contributed by atoms with Crippen LogP contribution in [0.4, 0.5) is 0 Å². The van der Waals surface area contributed by atoms with Gasteiger partial charge in [-0.05, 0) is 45.2 Å². The van der Waals surface area contributed by atoms with E-state index in [-0.39, 0.29) is 18.1 Å². The first-order valence-electron chi connectivity index (χ1n) is 6.32. The maximum atomic E-state index is 12.0. The van der Waals surface area contributed by atoms with Crippen molar-refractivity contribution in [2.24, 2.45) is 0 Å². The van der Waals surface area contributed by atoms with Crippen LogP contribution in [-0.4, -0.2) is 23.2 Å². The van der Waals surface area contributed by atoms with E-state index in [0.717, 1.165) is 16.7 Å². The molecule has 0 spiro atoms. The normalized spacial score (nSPS) is 11.4. The molecule has 0 saturated carbocycles. The lowest BCUT2D eigenvalue weighted by molar-refractivity contribution is -0.122. The van der Waals surface area contributed by atoms with Crippen molar-refractivity contribution in [2.75, 3.05) is 6.61 Å². The van der Waals surface area contributed by atoms with Gasteiger partial charge >= 0.3 is 0 Å². The maximum Gasteiger partial charge on any atom is 0.224 e. The summed E-state index contributed by atoms with van der Waals surface area (Å²) in [6, 6.07) is 6.14. The standard InChI is InChI=1S/C15H23NO2/c1-11-5-6-12(2)13(9-11)10-14(18)16-15(3,4)7-8-17/h5-6,9,17H,7-8,10H2,1-4H3,(H,16,18). The Balaban J connectivity index is 2.67. The Morgan fingerprint density at radius 2 is 2.00 bits per heavy atom. The lowest BCUT2D eigenvalue weighted by Crippen LogP contribution is -2.44. The molecular formula is C15H23NO2. The highest BCUT2D eigenvalue weighted by Crippen LogP contribution is 2.13. The zero-order chi connectivity index (χ0) is 13.8. The van der Waals surface area contributed by atoms with Crippen LogP contribution in [0, 0.1) is 13.8 Å². The SMILES string of the molecule is Cc1ccc(C)c(CC(=O)NC(C)(C)CCO)c1. The molecule has 3 heteroatoms. The number of aryl methyl sites for hydroxylation is 2. The maximum absolute atomic E-state index is 12.0. The van der Waals surface area contributed by atoms with Crippen molar-refractivity contribution >= 4 is 5.91 Å². The van der Waals surface area contributed by atoms with Crippen LogP contribution < -0.4 is 5.32 Å². The van der Waals surface area contributed by atoms with Crippen LogP contribution in [0.1, 0.15) is 37.0 Å². The van der Waals surface area contributed by atoms with Crippen LogP contribution in [0.5, 0.6) is 0 Å². The Labute approximate surface area is 109 Å². The predicted molar refractivity (Wildman–Crippen MR) is 73.5 cm³/mol.